The van der Waals surface area contributed by atoms with Crippen LogP contribution in [0.1, 0.15) is 22.8 Å². The van der Waals surface area contributed by atoms with E-state index in [0.29, 0.717) is 0 Å². The molecule has 12 rings (SSSR count). The summed E-state index contributed by atoms with van der Waals surface area (Å²) in [6.45, 7) is 0. The minimum Gasteiger partial charge on any atom is -0.452 e. The lowest BCUT2D eigenvalue weighted by molar-refractivity contribution is 0.581. The average Bonchev–Trinajstić information content (AvgIpc) is 3.84. The summed E-state index contributed by atoms with van der Waals surface area (Å²) in [4.78, 5) is 0. The molecule has 0 saturated heterocycles. The molecule has 11 aromatic rings. The third kappa shape index (κ3) is 4.69. The molecule has 0 aliphatic heterocycles. The van der Waals surface area contributed by atoms with Gasteiger partial charge in [-0.2, -0.15) is 0 Å². The highest BCUT2D eigenvalue weighted by Crippen LogP contribution is 2.46. The van der Waals surface area contributed by atoms with Crippen molar-refractivity contribution < 1.29 is 8.83 Å². The fourth-order valence-corrected chi connectivity index (χ4v) is 9.47. The molecule has 2 heteroatoms. The monoisotopic (exact) mass is 714 g/mol. The number of hydrogen-bond donors (Lipinski definition) is 0. The molecule has 0 N–H and O–H groups in total. The van der Waals surface area contributed by atoms with E-state index < -0.39 is 0 Å². The highest BCUT2D eigenvalue weighted by molar-refractivity contribution is 6.21. The largest absolute Gasteiger partial charge is 0.452 e. The van der Waals surface area contributed by atoms with Crippen LogP contribution in [0.25, 0.3) is 105 Å². The molecule has 2 nitrogen and oxygen atoms in total. The Hall–Kier alpha value is -7.16. The van der Waals surface area contributed by atoms with Gasteiger partial charge < -0.3 is 8.83 Å². The summed E-state index contributed by atoms with van der Waals surface area (Å²) in [6, 6.07) is 64.0. The summed E-state index contributed by atoms with van der Waals surface area (Å²) in [7, 11) is 0. The number of furan rings is 2. The summed E-state index contributed by atoms with van der Waals surface area (Å²) in [5.74, 6) is 1.14. The molecule has 1 aliphatic carbocycles. The Kier molecular flexibility index (Phi) is 6.79. The Bertz CT molecular complexity index is 3350. The van der Waals surface area contributed by atoms with Crippen LogP contribution in [0.5, 0.6) is 0 Å². The number of allylic oxidation sites excluding steroid dienone is 1. The van der Waals surface area contributed by atoms with Crippen LogP contribution in [-0.2, 0) is 6.42 Å². The minimum absolute atomic E-state index is 0.211. The Balaban J connectivity index is 0.978. The van der Waals surface area contributed by atoms with Gasteiger partial charge in [0.05, 0.1) is 0 Å². The van der Waals surface area contributed by atoms with Gasteiger partial charge in [0.15, 0.2) is 11.2 Å². The van der Waals surface area contributed by atoms with Crippen LogP contribution in [0.15, 0.2) is 191 Å². The van der Waals surface area contributed by atoms with Crippen molar-refractivity contribution in [1.29, 1.82) is 0 Å². The minimum atomic E-state index is 0.211. The molecule has 0 bridgehead atoms. The van der Waals surface area contributed by atoms with Gasteiger partial charge >= 0.3 is 0 Å². The smallest absolute Gasteiger partial charge is 0.178 e. The quantitative estimate of drug-likeness (QED) is 0.170. The van der Waals surface area contributed by atoms with E-state index in [0.717, 1.165) is 45.1 Å². The molecule has 9 aromatic carbocycles. The maximum absolute atomic E-state index is 6.53. The fraction of sp³-hybridized carbons (Fsp3) is 0.0370. The Morgan fingerprint density at radius 1 is 0.411 bits per heavy atom. The zero-order valence-electron chi connectivity index (χ0n) is 30.5. The van der Waals surface area contributed by atoms with E-state index in [2.05, 4.69) is 176 Å². The van der Waals surface area contributed by atoms with Gasteiger partial charge in [0.25, 0.3) is 0 Å². The van der Waals surface area contributed by atoms with Gasteiger partial charge in [0.1, 0.15) is 11.3 Å². The van der Waals surface area contributed by atoms with E-state index in [1.54, 1.807) is 0 Å². The second-order valence-electron chi connectivity index (χ2n) is 15.1. The van der Waals surface area contributed by atoms with Crippen LogP contribution in [-0.4, -0.2) is 0 Å². The first kappa shape index (κ1) is 31.2. The van der Waals surface area contributed by atoms with Crippen molar-refractivity contribution in [3.05, 3.63) is 199 Å². The van der Waals surface area contributed by atoms with Gasteiger partial charge in [-0.05, 0) is 108 Å². The maximum Gasteiger partial charge on any atom is 0.178 e. The fourth-order valence-electron chi connectivity index (χ4n) is 9.47. The van der Waals surface area contributed by atoms with Crippen LogP contribution >= 0.6 is 0 Å². The Morgan fingerprint density at radius 3 is 1.75 bits per heavy atom. The second kappa shape index (κ2) is 12.2. The molecular formula is C54H34O2. The summed E-state index contributed by atoms with van der Waals surface area (Å²) in [5.41, 5.74) is 12.6. The highest BCUT2D eigenvalue weighted by atomic mass is 16.4. The maximum atomic E-state index is 6.53. The summed E-state index contributed by atoms with van der Waals surface area (Å²) >= 11 is 0. The Morgan fingerprint density at radius 2 is 0.982 bits per heavy atom. The van der Waals surface area contributed by atoms with E-state index in [4.69, 9.17) is 8.83 Å². The first-order valence-corrected chi connectivity index (χ1v) is 19.4. The highest BCUT2D eigenvalue weighted by Gasteiger charge is 2.25. The number of rotatable bonds is 4. The van der Waals surface area contributed by atoms with E-state index in [1.165, 1.54) is 76.8 Å². The normalized spacial score (nSPS) is 14.1. The SMILES string of the molecule is C1=CC(c2cccc(-c3c4ccccc4c(-c4cccc(-c5cccc6ccccc56)c4)c4ccccc34)c2)Cc2c1oc1c2ccc2c3ccccc3oc21. The summed E-state index contributed by atoms with van der Waals surface area (Å²) in [6.07, 6.45) is 5.33. The van der Waals surface area contributed by atoms with Gasteiger partial charge in [0, 0.05) is 27.6 Å². The number of hydrogen-bond acceptors (Lipinski definition) is 2. The standard InChI is InChI=1S/C54H34O2/c1-2-18-39-33(12-1)13-11-24-40(39)36-15-10-17-38(31-36)52-44-22-5-3-20-42(44)51(43-21-4-6-23-45(43)52)37-16-9-14-34(30-37)35-26-29-50-48(32-35)47-28-27-46-41-19-7-8-25-49(41)55-53(46)54(47)56-50/h1-31,35H,32H2. The topological polar surface area (TPSA) is 26.3 Å². The first-order valence-electron chi connectivity index (χ1n) is 19.4. The number of fused-ring (bicyclic) bond motifs is 10. The zero-order chi connectivity index (χ0) is 36.7. The van der Waals surface area contributed by atoms with Crippen LogP contribution in [0, 0.1) is 0 Å². The molecule has 0 radical (unpaired) electrons. The van der Waals surface area contributed by atoms with Crippen molar-refractivity contribution in [2.45, 2.75) is 12.3 Å². The van der Waals surface area contributed by atoms with Crippen LogP contribution in [0.3, 0.4) is 0 Å². The average molecular weight is 715 g/mol. The predicted octanol–water partition coefficient (Wildman–Crippen LogP) is 15.1. The molecule has 2 heterocycles. The van der Waals surface area contributed by atoms with E-state index in [9.17, 15) is 0 Å². The Labute approximate surface area is 323 Å². The van der Waals surface area contributed by atoms with Gasteiger partial charge in [-0.3, -0.25) is 0 Å². The van der Waals surface area contributed by atoms with Gasteiger partial charge in [-0.15, -0.1) is 0 Å². The van der Waals surface area contributed by atoms with Crippen LogP contribution in [0.4, 0.5) is 0 Å². The van der Waals surface area contributed by atoms with Crippen molar-refractivity contribution >= 4 is 71.3 Å². The molecule has 1 aliphatic rings. The number of benzene rings is 9. The van der Waals surface area contributed by atoms with Crippen molar-refractivity contribution in [1.82, 2.24) is 0 Å². The molecule has 2 aromatic heterocycles. The van der Waals surface area contributed by atoms with Crippen molar-refractivity contribution in [3.63, 3.8) is 0 Å². The molecule has 262 valence electrons. The van der Waals surface area contributed by atoms with Crippen LogP contribution < -0.4 is 0 Å². The van der Waals surface area contributed by atoms with Crippen molar-refractivity contribution in [2.24, 2.45) is 0 Å². The van der Waals surface area contributed by atoms with E-state index in [1.807, 2.05) is 12.1 Å². The van der Waals surface area contributed by atoms with Gasteiger partial charge in [-0.1, -0.05) is 158 Å². The van der Waals surface area contributed by atoms with E-state index in [-0.39, 0.29) is 5.92 Å². The van der Waals surface area contributed by atoms with Crippen molar-refractivity contribution in [2.75, 3.05) is 0 Å². The second-order valence-corrected chi connectivity index (χ2v) is 15.1. The molecule has 1 unspecified atom stereocenters. The molecule has 0 fully saturated rings. The first-order chi connectivity index (χ1) is 27.8. The lowest BCUT2D eigenvalue weighted by Gasteiger charge is -2.20. The van der Waals surface area contributed by atoms with Crippen molar-refractivity contribution in [3.8, 4) is 33.4 Å². The predicted molar refractivity (Wildman–Crippen MR) is 234 cm³/mol. The third-order valence-corrected chi connectivity index (χ3v) is 12.0. The van der Waals surface area contributed by atoms with E-state index >= 15 is 0 Å². The summed E-state index contributed by atoms with van der Waals surface area (Å²) < 4.78 is 12.9. The lowest BCUT2D eigenvalue weighted by Crippen LogP contribution is -2.04. The molecule has 0 saturated carbocycles. The molecule has 0 spiro atoms. The summed E-state index contributed by atoms with van der Waals surface area (Å²) in [5, 5.41) is 10.9. The van der Waals surface area contributed by atoms with Gasteiger partial charge in [-0.25, -0.2) is 0 Å². The molecule has 56 heavy (non-hydrogen) atoms. The van der Waals surface area contributed by atoms with Gasteiger partial charge in [0.2, 0.25) is 0 Å². The number of para-hydroxylation sites is 1. The lowest BCUT2D eigenvalue weighted by atomic mass is 9.83. The molecule has 1 atom stereocenters. The molecule has 0 amide bonds. The third-order valence-electron chi connectivity index (χ3n) is 12.0. The molecular weight excluding hydrogens is 681 g/mol. The van der Waals surface area contributed by atoms with Crippen LogP contribution in [0.2, 0.25) is 0 Å². The zero-order valence-corrected chi connectivity index (χ0v) is 30.5.